The lowest BCUT2D eigenvalue weighted by atomic mass is 9.80. The highest BCUT2D eigenvalue weighted by Crippen LogP contribution is 2.46. The lowest BCUT2D eigenvalue weighted by Crippen LogP contribution is -2.49. The number of nitrogen functional groups attached to an aromatic ring is 1. The van der Waals surface area contributed by atoms with E-state index in [0.717, 1.165) is 61.7 Å². The van der Waals surface area contributed by atoms with Crippen molar-refractivity contribution in [1.29, 1.82) is 0 Å². The molecule has 7 nitrogen and oxygen atoms in total. The number of nitrogens with one attached hydrogen (secondary N) is 1. The third-order valence-electron chi connectivity index (χ3n) is 8.13. The maximum absolute atomic E-state index is 11.5. The molecule has 2 saturated heterocycles. The highest BCUT2D eigenvalue weighted by Gasteiger charge is 2.47. The van der Waals surface area contributed by atoms with E-state index >= 15 is 0 Å². The van der Waals surface area contributed by atoms with E-state index in [0.29, 0.717) is 28.6 Å². The van der Waals surface area contributed by atoms with Crippen LogP contribution in [0.4, 0.5) is 5.82 Å². The molecule has 2 bridgehead atoms. The maximum atomic E-state index is 11.5. The van der Waals surface area contributed by atoms with Crippen molar-refractivity contribution in [1.82, 2.24) is 25.3 Å². The number of pyridine rings is 1. The van der Waals surface area contributed by atoms with Gasteiger partial charge in [0.25, 0.3) is 0 Å². The SMILES string of the molecule is Nc1cc([C@H](CCCN2[C@@H]3CC[C@H]2CC(O)(c2ccc(Cl)cc2)C3)c2ccccc2)c2n[nH]nc2n1. The topological polar surface area (TPSA) is 104 Å². The van der Waals surface area contributed by atoms with E-state index in [-0.39, 0.29) is 5.92 Å². The fraction of sp³-hybridized carbons (Fsp3) is 0.393. The molecule has 1 unspecified atom stereocenters. The number of H-pyrrole nitrogens is 1. The van der Waals surface area contributed by atoms with Gasteiger partial charge in [-0.15, -0.1) is 5.10 Å². The molecule has 0 aliphatic carbocycles. The lowest BCUT2D eigenvalue weighted by molar-refractivity contribution is -0.0571. The number of rotatable bonds is 7. The van der Waals surface area contributed by atoms with Crippen LogP contribution in [0.2, 0.25) is 5.02 Å². The molecule has 2 aromatic heterocycles. The van der Waals surface area contributed by atoms with Crippen molar-refractivity contribution in [2.75, 3.05) is 12.3 Å². The van der Waals surface area contributed by atoms with Crippen LogP contribution in [0.3, 0.4) is 0 Å². The van der Waals surface area contributed by atoms with Crippen molar-refractivity contribution >= 4 is 28.6 Å². The van der Waals surface area contributed by atoms with Gasteiger partial charge in [0.15, 0.2) is 0 Å². The molecular formula is C28H31ClN6O. The van der Waals surface area contributed by atoms with Crippen molar-refractivity contribution in [2.45, 2.75) is 62.1 Å². The molecule has 4 heterocycles. The van der Waals surface area contributed by atoms with E-state index in [1.165, 1.54) is 5.56 Å². The Morgan fingerprint density at radius 3 is 2.50 bits per heavy atom. The van der Waals surface area contributed by atoms with Crippen LogP contribution in [0.25, 0.3) is 11.2 Å². The summed E-state index contributed by atoms with van der Waals surface area (Å²) in [5.41, 5.74) is 10.0. The largest absolute Gasteiger partial charge is 0.385 e. The van der Waals surface area contributed by atoms with E-state index < -0.39 is 5.60 Å². The van der Waals surface area contributed by atoms with Gasteiger partial charge in [0, 0.05) is 23.0 Å². The van der Waals surface area contributed by atoms with E-state index in [1.807, 2.05) is 36.4 Å². The van der Waals surface area contributed by atoms with Gasteiger partial charge in [-0.2, -0.15) is 10.3 Å². The molecule has 8 heteroatoms. The normalized spacial score (nSPS) is 24.8. The molecular weight excluding hydrogens is 472 g/mol. The average molecular weight is 503 g/mol. The number of halogens is 1. The number of fused-ring (bicyclic) bond motifs is 3. The number of hydrogen-bond donors (Lipinski definition) is 3. The first-order valence-electron chi connectivity index (χ1n) is 12.8. The van der Waals surface area contributed by atoms with Crippen LogP contribution < -0.4 is 5.73 Å². The number of benzene rings is 2. The predicted octanol–water partition coefficient (Wildman–Crippen LogP) is 5.02. The summed E-state index contributed by atoms with van der Waals surface area (Å²) in [6.07, 6.45) is 5.83. The molecule has 0 amide bonds. The van der Waals surface area contributed by atoms with E-state index in [4.69, 9.17) is 17.3 Å². The van der Waals surface area contributed by atoms with Crippen LogP contribution in [-0.4, -0.2) is 49.0 Å². The maximum Gasteiger partial charge on any atom is 0.203 e. The van der Waals surface area contributed by atoms with E-state index in [1.54, 1.807) is 0 Å². The zero-order chi connectivity index (χ0) is 24.7. The van der Waals surface area contributed by atoms with Crippen molar-refractivity contribution in [2.24, 2.45) is 0 Å². The monoisotopic (exact) mass is 502 g/mol. The number of aromatic nitrogens is 4. The van der Waals surface area contributed by atoms with Crippen LogP contribution >= 0.6 is 11.6 Å². The quantitative estimate of drug-likeness (QED) is 0.328. The second-order valence-electron chi connectivity index (χ2n) is 10.3. The van der Waals surface area contributed by atoms with Gasteiger partial charge in [-0.05, 0) is 80.0 Å². The predicted molar refractivity (Wildman–Crippen MR) is 142 cm³/mol. The number of nitrogens with two attached hydrogens (primary N) is 1. The smallest absolute Gasteiger partial charge is 0.203 e. The molecule has 2 aliphatic rings. The summed E-state index contributed by atoms with van der Waals surface area (Å²) in [4.78, 5) is 6.97. The Bertz CT molecular complexity index is 1330. The Hall–Kier alpha value is -3.00. The highest BCUT2D eigenvalue weighted by molar-refractivity contribution is 6.30. The third-order valence-corrected chi connectivity index (χ3v) is 8.38. The number of nitrogens with zero attached hydrogens (tertiary/aromatic N) is 4. The second-order valence-corrected chi connectivity index (χ2v) is 10.7. The van der Waals surface area contributed by atoms with Gasteiger partial charge < -0.3 is 10.8 Å². The summed E-state index contributed by atoms with van der Waals surface area (Å²) in [6.45, 7) is 1.01. The Morgan fingerprint density at radius 2 is 1.78 bits per heavy atom. The lowest BCUT2D eigenvalue weighted by Gasteiger charge is -2.44. The summed E-state index contributed by atoms with van der Waals surface area (Å²) >= 11 is 6.08. The Balaban J connectivity index is 1.19. The Morgan fingerprint density at radius 1 is 1.06 bits per heavy atom. The minimum atomic E-state index is -0.771. The highest BCUT2D eigenvalue weighted by atomic mass is 35.5. The van der Waals surface area contributed by atoms with Crippen LogP contribution in [0.15, 0.2) is 60.7 Å². The molecule has 4 N–H and O–H groups in total. The minimum Gasteiger partial charge on any atom is -0.385 e. The van der Waals surface area contributed by atoms with Gasteiger partial charge in [-0.3, -0.25) is 4.90 Å². The molecule has 2 aliphatic heterocycles. The molecule has 186 valence electrons. The van der Waals surface area contributed by atoms with Crippen molar-refractivity contribution in [3.05, 3.63) is 82.4 Å². The van der Waals surface area contributed by atoms with Crippen molar-refractivity contribution < 1.29 is 5.11 Å². The summed E-state index contributed by atoms with van der Waals surface area (Å²) in [5, 5.41) is 23.5. The van der Waals surface area contributed by atoms with Gasteiger partial charge in [-0.1, -0.05) is 54.1 Å². The first-order chi connectivity index (χ1) is 17.5. The number of hydrogen-bond acceptors (Lipinski definition) is 6. The van der Waals surface area contributed by atoms with Gasteiger partial charge >= 0.3 is 0 Å². The van der Waals surface area contributed by atoms with Crippen LogP contribution in [0.1, 0.15) is 61.1 Å². The number of piperidine rings is 1. The molecule has 2 aromatic carbocycles. The summed E-state index contributed by atoms with van der Waals surface area (Å²) in [7, 11) is 0. The zero-order valence-corrected chi connectivity index (χ0v) is 20.9. The molecule has 6 rings (SSSR count). The molecule has 36 heavy (non-hydrogen) atoms. The number of aliphatic hydroxyl groups is 1. The van der Waals surface area contributed by atoms with Crippen molar-refractivity contribution in [3.63, 3.8) is 0 Å². The summed E-state index contributed by atoms with van der Waals surface area (Å²) < 4.78 is 0. The molecule has 2 fully saturated rings. The molecule has 0 spiro atoms. The van der Waals surface area contributed by atoms with Gasteiger partial charge in [0.1, 0.15) is 11.3 Å². The molecule has 0 radical (unpaired) electrons. The van der Waals surface area contributed by atoms with Crippen LogP contribution in [0, 0.1) is 0 Å². The van der Waals surface area contributed by atoms with Gasteiger partial charge in [0.2, 0.25) is 5.65 Å². The first-order valence-corrected chi connectivity index (χ1v) is 13.1. The van der Waals surface area contributed by atoms with Gasteiger partial charge in [0.05, 0.1) is 5.60 Å². The fourth-order valence-corrected chi connectivity index (χ4v) is 6.61. The minimum absolute atomic E-state index is 0.151. The number of anilines is 1. The summed E-state index contributed by atoms with van der Waals surface area (Å²) in [5.74, 6) is 0.612. The van der Waals surface area contributed by atoms with Gasteiger partial charge in [-0.25, -0.2) is 4.98 Å². The average Bonchev–Trinajstić information content (AvgIpc) is 3.44. The second kappa shape index (κ2) is 9.47. The van der Waals surface area contributed by atoms with E-state index in [9.17, 15) is 5.11 Å². The van der Waals surface area contributed by atoms with E-state index in [2.05, 4.69) is 49.6 Å². The summed E-state index contributed by atoms with van der Waals surface area (Å²) in [6, 6.07) is 21.0. The first kappa shape index (κ1) is 23.4. The Labute approximate surface area is 215 Å². The number of aromatic amines is 1. The molecule has 4 atom stereocenters. The van der Waals surface area contributed by atoms with Crippen LogP contribution in [-0.2, 0) is 5.60 Å². The fourth-order valence-electron chi connectivity index (χ4n) is 6.49. The van der Waals surface area contributed by atoms with Crippen LogP contribution in [0.5, 0.6) is 0 Å². The third kappa shape index (κ3) is 4.36. The zero-order valence-electron chi connectivity index (χ0n) is 20.1. The molecule has 0 saturated carbocycles. The van der Waals surface area contributed by atoms with Crippen molar-refractivity contribution in [3.8, 4) is 0 Å². The standard InChI is InChI=1S/C28H31ClN6O/c29-20-10-8-19(9-11-20)28(36)16-21-12-13-22(17-28)35(21)14-4-7-23(18-5-2-1-3-6-18)24-15-25(30)31-27-26(24)32-34-33-27/h1-3,5-6,8-11,15,21-23,36H,4,7,12-14,16-17H2,(H3,30,31,32,33,34)/t21-,22+,23-,28?/m1/s1. The Kier molecular flexibility index (Phi) is 6.15. The molecule has 4 aromatic rings.